The van der Waals surface area contributed by atoms with Crippen LogP contribution in [0.5, 0.6) is 0 Å². The van der Waals surface area contributed by atoms with Crippen LogP contribution in [0, 0.1) is 0 Å². The van der Waals surface area contributed by atoms with E-state index in [-0.39, 0.29) is 0 Å². The second-order valence-corrected chi connectivity index (χ2v) is 3.39. The van der Waals surface area contributed by atoms with Gasteiger partial charge in [-0.15, -0.1) is 0 Å². The third kappa shape index (κ3) is 1.53. The van der Waals surface area contributed by atoms with Gasteiger partial charge in [-0.1, -0.05) is 27.5 Å². The predicted octanol–water partition coefficient (Wildman–Crippen LogP) is 1.51. The van der Waals surface area contributed by atoms with Crippen molar-refractivity contribution in [3.63, 3.8) is 0 Å². The first-order valence-electron chi connectivity index (χ1n) is 3.99. The van der Waals surface area contributed by atoms with Gasteiger partial charge in [0.15, 0.2) is 19.5 Å². The summed E-state index contributed by atoms with van der Waals surface area (Å²) in [6.07, 6.45) is 0. The first-order valence-corrected chi connectivity index (χ1v) is 3.99. The normalized spacial score (nSPS) is 11.2. The lowest BCUT2D eigenvalue weighted by Gasteiger charge is -2.20. The predicted molar refractivity (Wildman–Crippen MR) is 53.4 cm³/mol. The standard InChI is InChI=1S/C10H16N2/c1-11(2)12(3,4)10-8-6-5-7-9-10/h5-9H,1H2,2-4H3/q+2. The minimum Gasteiger partial charge on any atom is -0.0777 e. The average Bonchev–Trinajstić information content (AvgIpc) is 2.06. The molecule has 0 atom stereocenters. The van der Waals surface area contributed by atoms with Gasteiger partial charge in [0.1, 0.15) is 14.1 Å². The maximum Gasteiger partial charge on any atom is 0.190 e. The Kier molecular flexibility index (Phi) is 2.29. The van der Waals surface area contributed by atoms with E-state index in [1.54, 1.807) is 0 Å². The van der Waals surface area contributed by atoms with Gasteiger partial charge in [-0.2, -0.15) is 0 Å². The van der Waals surface area contributed by atoms with Crippen molar-refractivity contribution in [2.45, 2.75) is 0 Å². The highest BCUT2D eigenvalue weighted by Crippen LogP contribution is 2.16. The molecule has 0 unspecified atom stereocenters. The van der Waals surface area contributed by atoms with Gasteiger partial charge in [-0.25, -0.2) is 0 Å². The fourth-order valence-corrected chi connectivity index (χ4v) is 0.990. The molecule has 0 saturated carbocycles. The van der Waals surface area contributed by atoms with Crippen LogP contribution in [0.15, 0.2) is 30.3 Å². The van der Waals surface area contributed by atoms with Gasteiger partial charge in [-0.3, -0.25) is 0 Å². The lowest BCUT2D eigenvalue weighted by Crippen LogP contribution is -2.47. The molecule has 0 aromatic heterocycles. The van der Waals surface area contributed by atoms with Crippen molar-refractivity contribution in [3.8, 4) is 0 Å². The quantitative estimate of drug-likeness (QED) is 0.270. The molecule has 0 aliphatic heterocycles. The molecule has 1 aromatic rings. The smallest absolute Gasteiger partial charge is 0.0777 e. The SMILES string of the molecule is C=[N+](C)[N+](C)(C)c1ccccc1. The largest absolute Gasteiger partial charge is 0.190 e. The van der Waals surface area contributed by atoms with Crippen LogP contribution in [0.1, 0.15) is 0 Å². The highest BCUT2D eigenvalue weighted by molar-refractivity contribution is 5.39. The zero-order chi connectivity index (χ0) is 9.19. The Morgan fingerprint density at radius 1 is 1.17 bits per heavy atom. The zero-order valence-electron chi connectivity index (χ0n) is 7.99. The molecule has 0 aliphatic carbocycles. The van der Waals surface area contributed by atoms with Crippen molar-refractivity contribution in [1.82, 2.24) is 4.59 Å². The molecule has 64 valence electrons. The van der Waals surface area contributed by atoms with Crippen LogP contribution in [-0.4, -0.2) is 32.5 Å². The van der Waals surface area contributed by atoms with Crippen LogP contribution in [0.2, 0.25) is 0 Å². The van der Waals surface area contributed by atoms with Gasteiger partial charge in [-0.05, 0) is 0 Å². The molecule has 1 rings (SSSR count). The molecule has 0 bridgehead atoms. The van der Waals surface area contributed by atoms with Crippen LogP contribution < -0.4 is 4.59 Å². The third-order valence-electron chi connectivity index (χ3n) is 2.24. The first-order chi connectivity index (χ1) is 5.55. The summed E-state index contributed by atoms with van der Waals surface area (Å²) in [5, 5.41) is 0. The second-order valence-electron chi connectivity index (χ2n) is 3.39. The second kappa shape index (κ2) is 3.07. The molecule has 1 aromatic carbocycles. The lowest BCUT2D eigenvalue weighted by atomic mass is 10.3. The van der Waals surface area contributed by atoms with Crippen molar-refractivity contribution in [1.29, 1.82) is 0 Å². The minimum atomic E-state index is 0.668. The zero-order valence-corrected chi connectivity index (χ0v) is 7.99. The number of benzene rings is 1. The Labute approximate surface area is 73.9 Å². The van der Waals surface area contributed by atoms with Crippen LogP contribution in [-0.2, 0) is 0 Å². The van der Waals surface area contributed by atoms with Gasteiger partial charge in [0.05, 0.1) is 0 Å². The summed E-state index contributed by atoms with van der Waals surface area (Å²) in [4.78, 5) is 0. The molecule has 0 amide bonds. The Balaban J connectivity index is 3.06. The summed E-state index contributed by atoms with van der Waals surface area (Å²) >= 11 is 0. The van der Waals surface area contributed by atoms with E-state index in [0.29, 0.717) is 4.59 Å². The lowest BCUT2D eigenvalue weighted by molar-refractivity contribution is -0.635. The van der Waals surface area contributed by atoms with E-state index >= 15 is 0 Å². The number of para-hydroxylation sites is 1. The van der Waals surface area contributed by atoms with Gasteiger partial charge in [0, 0.05) is 12.1 Å². The monoisotopic (exact) mass is 164 g/mol. The summed E-state index contributed by atoms with van der Waals surface area (Å²) < 4.78 is 2.58. The molecular weight excluding hydrogens is 148 g/mol. The third-order valence-corrected chi connectivity index (χ3v) is 2.24. The maximum absolute atomic E-state index is 3.89. The molecular formula is C10H16N2+2. The molecule has 12 heavy (non-hydrogen) atoms. The molecule has 2 heteroatoms. The van der Waals surface area contributed by atoms with Crippen LogP contribution in [0.3, 0.4) is 0 Å². The summed E-state index contributed by atoms with van der Waals surface area (Å²) in [5.41, 5.74) is 1.23. The Hall–Kier alpha value is -1.15. The van der Waals surface area contributed by atoms with Crippen molar-refractivity contribution in [2.24, 2.45) is 0 Å². The van der Waals surface area contributed by atoms with E-state index in [2.05, 4.69) is 32.9 Å². The van der Waals surface area contributed by atoms with E-state index in [1.165, 1.54) is 5.69 Å². The van der Waals surface area contributed by atoms with Crippen molar-refractivity contribution in [2.75, 3.05) is 21.1 Å². The number of rotatable bonds is 2. The maximum atomic E-state index is 3.89. The first kappa shape index (κ1) is 8.94. The fraction of sp³-hybridized carbons (Fsp3) is 0.300. The molecule has 0 saturated heterocycles. The van der Waals surface area contributed by atoms with Crippen LogP contribution in [0.4, 0.5) is 5.69 Å². The minimum absolute atomic E-state index is 0.668. The summed E-state index contributed by atoms with van der Waals surface area (Å²) in [6.45, 7) is 3.89. The molecule has 0 heterocycles. The summed E-state index contributed by atoms with van der Waals surface area (Å²) in [7, 11) is 6.16. The molecule has 0 fully saturated rings. The topological polar surface area (TPSA) is 3.01 Å². The van der Waals surface area contributed by atoms with Crippen molar-refractivity contribution < 1.29 is 4.68 Å². The van der Waals surface area contributed by atoms with Gasteiger partial charge in [0.25, 0.3) is 0 Å². The van der Waals surface area contributed by atoms with Gasteiger partial charge < -0.3 is 0 Å². The summed E-state index contributed by atoms with van der Waals surface area (Å²) in [5.74, 6) is 0. The fourth-order valence-electron chi connectivity index (χ4n) is 0.990. The number of hydrogen-bond donors (Lipinski definition) is 0. The highest BCUT2D eigenvalue weighted by Gasteiger charge is 2.25. The molecule has 0 aliphatic rings. The van der Waals surface area contributed by atoms with E-state index in [1.807, 2.05) is 29.9 Å². The Bertz CT molecular complexity index is 275. The van der Waals surface area contributed by atoms with E-state index in [0.717, 1.165) is 0 Å². The summed E-state index contributed by atoms with van der Waals surface area (Å²) in [6, 6.07) is 10.3. The van der Waals surface area contributed by atoms with E-state index in [9.17, 15) is 0 Å². The van der Waals surface area contributed by atoms with Crippen LogP contribution >= 0.6 is 0 Å². The molecule has 0 spiro atoms. The van der Waals surface area contributed by atoms with Crippen molar-refractivity contribution >= 4 is 12.4 Å². The van der Waals surface area contributed by atoms with Crippen molar-refractivity contribution in [3.05, 3.63) is 30.3 Å². The Morgan fingerprint density at radius 3 is 2.08 bits per heavy atom. The van der Waals surface area contributed by atoms with Crippen LogP contribution in [0.25, 0.3) is 0 Å². The molecule has 0 radical (unpaired) electrons. The Morgan fingerprint density at radius 2 is 1.67 bits per heavy atom. The van der Waals surface area contributed by atoms with E-state index in [4.69, 9.17) is 0 Å². The van der Waals surface area contributed by atoms with E-state index < -0.39 is 0 Å². The average molecular weight is 164 g/mol. The highest BCUT2D eigenvalue weighted by atomic mass is 15.7. The molecule has 2 nitrogen and oxygen atoms in total. The number of quaternary nitrogens is 1. The number of nitrogens with zero attached hydrogens (tertiary/aromatic N) is 2. The van der Waals surface area contributed by atoms with Gasteiger partial charge in [0.2, 0.25) is 0 Å². The van der Waals surface area contributed by atoms with Gasteiger partial charge >= 0.3 is 0 Å². The molecule has 0 N–H and O–H groups in total. The number of hydrogen-bond acceptors (Lipinski definition) is 0.